The highest BCUT2D eigenvalue weighted by atomic mass is 16.5. The predicted molar refractivity (Wildman–Crippen MR) is 112 cm³/mol. The Morgan fingerprint density at radius 3 is 2.42 bits per heavy atom. The molecule has 0 spiro atoms. The summed E-state index contributed by atoms with van der Waals surface area (Å²) in [6.45, 7) is 9.78. The first-order chi connectivity index (χ1) is 14.9. The molecule has 1 aliphatic rings. The monoisotopic (exact) mass is 437 g/mol. The molecular formula is C20H31N5O6. The molecule has 0 aromatic carbocycles. The van der Waals surface area contributed by atoms with Crippen molar-refractivity contribution in [1.29, 1.82) is 0 Å². The zero-order chi connectivity index (χ0) is 23.2. The highest BCUT2D eigenvalue weighted by Crippen LogP contribution is 2.13. The van der Waals surface area contributed by atoms with Gasteiger partial charge in [-0.2, -0.15) is 0 Å². The van der Waals surface area contributed by atoms with E-state index in [2.05, 4.69) is 33.9 Å². The molecule has 1 amide bonds. The summed E-state index contributed by atoms with van der Waals surface area (Å²) in [4.78, 5) is 41.5. The summed E-state index contributed by atoms with van der Waals surface area (Å²) < 4.78 is 5.16. The van der Waals surface area contributed by atoms with Crippen LogP contribution in [-0.4, -0.2) is 80.2 Å². The van der Waals surface area contributed by atoms with Gasteiger partial charge >= 0.3 is 0 Å². The predicted octanol–water partition coefficient (Wildman–Crippen LogP) is 1.26. The van der Waals surface area contributed by atoms with Gasteiger partial charge in [0.1, 0.15) is 11.6 Å². The van der Waals surface area contributed by atoms with Crippen LogP contribution >= 0.6 is 0 Å². The number of imidazole rings is 1. The van der Waals surface area contributed by atoms with Crippen molar-refractivity contribution >= 4 is 18.9 Å². The molecule has 1 fully saturated rings. The van der Waals surface area contributed by atoms with Crippen molar-refractivity contribution in [2.75, 3.05) is 26.2 Å². The summed E-state index contributed by atoms with van der Waals surface area (Å²) in [7, 11) is 0. The number of aryl methyl sites for hydroxylation is 3. The van der Waals surface area contributed by atoms with E-state index in [4.69, 9.17) is 24.3 Å². The maximum atomic E-state index is 12.5. The lowest BCUT2D eigenvalue weighted by atomic mass is 10.2. The summed E-state index contributed by atoms with van der Waals surface area (Å²) in [5, 5.41) is 17.6. The van der Waals surface area contributed by atoms with Crippen LogP contribution in [0.1, 0.15) is 42.0 Å². The molecule has 0 atom stereocenters. The zero-order valence-corrected chi connectivity index (χ0v) is 18.2. The van der Waals surface area contributed by atoms with Crippen molar-refractivity contribution in [3.63, 3.8) is 0 Å². The zero-order valence-electron chi connectivity index (χ0n) is 18.2. The summed E-state index contributed by atoms with van der Waals surface area (Å²) >= 11 is 0. The van der Waals surface area contributed by atoms with Crippen LogP contribution in [-0.2, 0) is 33.8 Å². The van der Waals surface area contributed by atoms with Crippen LogP contribution in [0.15, 0.2) is 10.6 Å². The van der Waals surface area contributed by atoms with E-state index in [1.165, 1.54) is 0 Å². The number of nitrogens with zero attached hydrogens (tertiary/aromatic N) is 4. The number of amides is 1. The largest absolute Gasteiger partial charge is 0.483 e. The maximum absolute atomic E-state index is 12.5. The molecule has 11 nitrogen and oxygen atoms in total. The topological polar surface area (TPSA) is 153 Å². The van der Waals surface area contributed by atoms with E-state index >= 15 is 0 Å². The van der Waals surface area contributed by atoms with Crippen molar-refractivity contribution in [2.45, 2.75) is 46.6 Å². The van der Waals surface area contributed by atoms with Gasteiger partial charge in [-0.3, -0.25) is 19.3 Å². The lowest BCUT2D eigenvalue weighted by Gasteiger charge is -2.21. The molecule has 2 aromatic heterocycles. The molecule has 3 heterocycles. The van der Waals surface area contributed by atoms with Gasteiger partial charge in [0.2, 0.25) is 5.91 Å². The lowest BCUT2D eigenvalue weighted by molar-refractivity contribution is -0.130. The first kappa shape index (κ1) is 25.8. The minimum absolute atomic E-state index is 0.113. The van der Waals surface area contributed by atoms with E-state index in [0.717, 1.165) is 68.5 Å². The van der Waals surface area contributed by atoms with E-state index in [-0.39, 0.29) is 18.9 Å². The fraction of sp³-hybridized carbons (Fsp3) is 0.550. The van der Waals surface area contributed by atoms with Crippen molar-refractivity contribution in [1.82, 2.24) is 24.9 Å². The first-order valence-electron chi connectivity index (χ1n) is 10.0. The van der Waals surface area contributed by atoms with Gasteiger partial charge in [-0.25, -0.2) is 4.98 Å². The number of carbonyl (C=O) groups excluding carboxylic acids is 1. The SMILES string of the molecule is CCc1nc(CN2CCCN(C(=O)Cc3cc(C)no3)CC2)c(C)[nH]1.O=CO.O=CO. The molecule has 0 aliphatic carbocycles. The Hall–Kier alpha value is -3.21. The maximum Gasteiger partial charge on any atom is 0.290 e. The van der Waals surface area contributed by atoms with E-state index in [1.807, 2.05) is 17.9 Å². The second-order valence-electron chi connectivity index (χ2n) is 6.94. The average Bonchev–Trinajstić information content (AvgIpc) is 3.20. The molecule has 0 unspecified atom stereocenters. The third-order valence-electron chi connectivity index (χ3n) is 4.69. The van der Waals surface area contributed by atoms with Crippen molar-refractivity contribution in [3.8, 4) is 0 Å². The number of aromatic nitrogens is 3. The van der Waals surface area contributed by atoms with Gasteiger partial charge in [0, 0.05) is 50.9 Å². The lowest BCUT2D eigenvalue weighted by Crippen LogP contribution is -2.36. The van der Waals surface area contributed by atoms with E-state index in [9.17, 15) is 4.79 Å². The van der Waals surface area contributed by atoms with Crippen LogP contribution in [0.25, 0.3) is 0 Å². The number of carbonyl (C=O) groups is 3. The summed E-state index contributed by atoms with van der Waals surface area (Å²) in [5.74, 6) is 1.80. The van der Waals surface area contributed by atoms with Crippen LogP contribution in [0.3, 0.4) is 0 Å². The Labute approximate surface area is 181 Å². The first-order valence-corrected chi connectivity index (χ1v) is 10.0. The third-order valence-corrected chi connectivity index (χ3v) is 4.69. The molecule has 0 bridgehead atoms. The van der Waals surface area contributed by atoms with Crippen LogP contribution < -0.4 is 0 Å². The molecule has 3 rings (SSSR count). The third kappa shape index (κ3) is 8.99. The van der Waals surface area contributed by atoms with Gasteiger partial charge in [-0.05, 0) is 20.3 Å². The number of H-pyrrole nitrogens is 1. The van der Waals surface area contributed by atoms with Crippen LogP contribution in [0.4, 0.5) is 0 Å². The number of carboxylic acid groups (broad SMARTS) is 2. The Kier molecular flexibility index (Phi) is 11.6. The van der Waals surface area contributed by atoms with Gasteiger partial charge in [-0.1, -0.05) is 12.1 Å². The molecule has 11 heteroatoms. The molecule has 2 aromatic rings. The Morgan fingerprint density at radius 2 is 1.87 bits per heavy atom. The number of hydrogen-bond acceptors (Lipinski definition) is 7. The molecule has 1 saturated heterocycles. The molecule has 31 heavy (non-hydrogen) atoms. The van der Waals surface area contributed by atoms with Gasteiger partial charge < -0.3 is 24.6 Å². The molecular weight excluding hydrogens is 406 g/mol. The second kappa shape index (κ2) is 13.9. The Bertz CT molecular complexity index is 813. The smallest absolute Gasteiger partial charge is 0.290 e. The minimum Gasteiger partial charge on any atom is -0.483 e. The number of hydrogen-bond donors (Lipinski definition) is 3. The molecule has 0 saturated carbocycles. The van der Waals surface area contributed by atoms with E-state index in [1.54, 1.807) is 0 Å². The fourth-order valence-electron chi connectivity index (χ4n) is 3.24. The number of rotatable bonds is 5. The number of aromatic amines is 1. The summed E-state index contributed by atoms with van der Waals surface area (Å²) in [6.07, 6.45) is 2.19. The normalized spacial score (nSPS) is 13.8. The second-order valence-corrected chi connectivity index (χ2v) is 6.94. The van der Waals surface area contributed by atoms with Crippen molar-refractivity contribution < 1.29 is 29.1 Å². The summed E-state index contributed by atoms with van der Waals surface area (Å²) in [6, 6.07) is 1.83. The molecule has 0 radical (unpaired) electrons. The Morgan fingerprint density at radius 1 is 1.19 bits per heavy atom. The quantitative estimate of drug-likeness (QED) is 0.587. The summed E-state index contributed by atoms with van der Waals surface area (Å²) in [5.41, 5.74) is 3.08. The highest BCUT2D eigenvalue weighted by molar-refractivity contribution is 5.78. The van der Waals surface area contributed by atoms with E-state index in [0.29, 0.717) is 12.2 Å². The molecule has 3 N–H and O–H groups in total. The number of nitrogens with one attached hydrogen (secondary N) is 1. The average molecular weight is 437 g/mol. The molecule has 172 valence electrons. The Balaban J connectivity index is 0.000000720. The van der Waals surface area contributed by atoms with Crippen molar-refractivity contribution in [3.05, 3.63) is 34.7 Å². The minimum atomic E-state index is -0.250. The van der Waals surface area contributed by atoms with Gasteiger partial charge in [0.15, 0.2) is 0 Å². The van der Waals surface area contributed by atoms with Gasteiger partial charge in [-0.15, -0.1) is 0 Å². The van der Waals surface area contributed by atoms with Crippen LogP contribution in [0, 0.1) is 13.8 Å². The highest BCUT2D eigenvalue weighted by Gasteiger charge is 2.21. The van der Waals surface area contributed by atoms with E-state index < -0.39 is 0 Å². The van der Waals surface area contributed by atoms with Crippen molar-refractivity contribution in [2.24, 2.45) is 0 Å². The molecule has 1 aliphatic heterocycles. The van der Waals surface area contributed by atoms with Gasteiger partial charge in [0.05, 0.1) is 17.8 Å². The fourth-order valence-corrected chi connectivity index (χ4v) is 3.24. The van der Waals surface area contributed by atoms with Crippen LogP contribution in [0.2, 0.25) is 0 Å². The van der Waals surface area contributed by atoms with Crippen LogP contribution in [0.5, 0.6) is 0 Å². The standard InChI is InChI=1S/C18H27N5O2.2CH2O2/c1-4-17-19-14(3)16(20-17)12-22-6-5-7-23(9-8-22)18(24)11-15-10-13(2)21-25-15;2*2-1-3/h10H,4-9,11-12H2,1-3H3,(H,19,20);2*1H,(H,2,3). The van der Waals surface area contributed by atoms with Gasteiger partial charge in [0.25, 0.3) is 12.9 Å².